The Hall–Kier alpha value is -2.34. The summed E-state index contributed by atoms with van der Waals surface area (Å²) in [4.78, 5) is 15.5. The van der Waals surface area contributed by atoms with Gasteiger partial charge in [-0.25, -0.2) is 4.98 Å². The Morgan fingerprint density at radius 3 is 2.76 bits per heavy atom. The first-order chi connectivity index (χ1) is 13.8. The number of unbranched alkanes of at least 4 members (excludes halogenated alkanes) is 2. The van der Waals surface area contributed by atoms with Crippen molar-refractivity contribution in [3.8, 4) is 5.75 Å². The zero-order valence-corrected chi connectivity index (χ0v) is 18.3. The van der Waals surface area contributed by atoms with Crippen molar-refractivity contribution in [2.45, 2.75) is 78.0 Å². The van der Waals surface area contributed by atoms with Gasteiger partial charge in [0.05, 0.1) is 6.33 Å². The highest BCUT2D eigenvalue weighted by Gasteiger charge is 2.22. The van der Waals surface area contributed by atoms with E-state index in [1.807, 2.05) is 18.6 Å². The lowest BCUT2D eigenvalue weighted by Gasteiger charge is -2.28. The number of ether oxygens (including phenoxy) is 1. The lowest BCUT2D eigenvalue weighted by atomic mass is 9.91. The van der Waals surface area contributed by atoms with E-state index in [0.717, 1.165) is 50.1 Å². The first kappa shape index (κ1) is 22.9. The van der Waals surface area contributed by atoms with Gasteiger partial charge in [0.25, 0.3) is 5.91 Å². The second-order valence-corrected chi connectivity index (χ2v) is 8.15. The summed E-state index contributed by atoms with van der Waals surface area (Å²) in [5.74, 6) is 0.306. The van der Waals surface area contributed by atoms with Crippen LogP contribution in [0.5, 0.6) is 5.75 Å². The minimum absolute atomic E-state index is 0.164. The number of nitrogens with two attached hydrogens (primary N) is 1. The van der Waals surface area contributed by atoms with Gasteiger partial charge in [-0.05, 0) is 63.8 Å². The highest BCUT2D eigenvalue weighted by molar-refractivity contribution is 5.78. The monoisotopic (exact) mass is 400 g/mol. The summed E-state index contributed by atoms with van der Waals surface area (Å²) in [7, 11) is 0. The molecule has 0 bridgehead atoms. The molecular formula is C23H36N4O2. The summed E-state index contributed by atoms with van der Waals surface area (Å²) in [6.45, 7) is 10.1. The van der Waals surface area contributed by atoms with E-state index in [9.17, 15) is 4.79 Å². The van der Waals surface area contributed by atoms with Crippen LogP contribution in [0.15, 0.2) is 36.9 Å². The number of hydrogen-bond donors (Lipinski definition) is 2. The molecule has 1 heterocycles. The number of rotatable bonds is 13. The number of carbonyl (C=O) groups is 1. The van der Waals surface area contributed by atoms with E-state index in [-0.39, 0.29) is 5.54 Å². The van der Waals surface area contributed by atoms with Gasteiger partial charge in [-0.3, -0.25) is 4.79 Å². The Bertz CT molecular complexity index is 756. The van der Waals surface area contributed by atoms with Gasteiger partial charge in [-0.15, -0.1) is 0 Å². The van der Waals surface area contributed by atoms with Gasteiger partial charge in [-0.2, -0.15) is 0 Å². The number of aryl methyl sites for hydroxylation is 2. The number of imidazole rings is 1. The molecule has 29 heavy (non-hydrogen) atoms. The van der Waals surface area contributed by atoms with Gasteiger partial charge in [0.2, 0.25) is 0 Å². The van der Waals surface area contributed by atoms with Crippen LogP contribution >= 0.6 is 0 Å². The van der Waals surface area contributed by atoms with Crippen LogP contribution in [0.3, 0.4) is 0 Å². The van der Waals surface area contributed by atoms with Crippen molar-refractivity contribution in [2.75, 3.05) is 6.54 Å². The third kappa shape index (κ3) is 7.20. The van der Waals surface area contributed by atoms with Gasteiger partial charge < -0.3 is 20.4 Å². The quantitative estimate of drug-likeness (QED) is 0.501. The van der Waals surface area contributed by atoms with Crippen LogP contribution in [0.4, 0.5) is 0 Å². The van der Waals surface area contributed by atoms with E-state index < -0.39 is 12.0 Å². The topological polar surface area (TPSA) is 82.2 Å². The third-order valence-corrected chi connectivity index (χ3v) is 5.26. The number of benzene rings is 1. The summed E-state index contributed by atoms with van der Waals surface area (Å²) in [5, 5.41) is 3.66. The number of amides is 1. The summed E-state index contributed by atoms with van der Waals surface area (Å²) in [6, 6.07) is 6.27. The maximum Gasteiger partial charge on any atom is 0.258 e. The number of aromatic nitrogens is 2. The molecule has 0 aliphatic carbocycles. The molecule has 0 aliphatic rings. The minimum Gasteiger partial charge on any atom is -0.481 e. The maximum atomic E-state index is 11.4. The van der Waals surface area contributed by atoms with Crippen LogP contribution in [-0.4, -0.2) is 28.1 Å². The van der Waals surface area contributed by atoms with Gasteiger partial charge in [0.1, 0.15) is 5.75 Å². The van der Waals surface area contributed by atoms with Crippen molar-refractivity contribution in [3.05, 3.63) is 48.0 Å². The fourth-order valence-electron chi connectivity index (χ4n) is 3.28. The summed E-state index contributed by atoms with van der Waals surface area (Å²) in [6.07, 6.45) is 10.4. The second-order valence-electron chi connectivity index (χ2n) is 8.15. The molecule has 2 aromatic rings. The van der Waals surface area contributed by atoms with E-state index in [2.05, 4.69) is 47.8 Å². The molecule has 6 heteroatoms. The Kier molecular flexibility index (Phi) is 8.70. The smallest absolute Gasteiger partial charge is 0.258 e. The summed E-state index contributed by atoms with van der Waals surface area (Å²) < 4.78 is 7.93. The largest absolute Gasteiger partial charge is 0.481 e. The number of nitrogens with zero attached hydrogens (tertiary/aromatic N) is 2. The number of carbonyl (C=O) groups excluding carboxylic acids is 1. The van der Waals surface area contributed by atoms with E-state index in [4.69, 9.17) is 10.5 Å². The molecule has 2 rings (SSSR count). The highest BCUT2D eigenvalue weighted by Crippen LogP contribution is 2.29. The van der Waals surface area contributed by atoms with Crippen molar-refractivity contribution >= 4 is 5.91 Å². The molecule has 3 N–H and O–H groups in total. The molecule has 6 nitrogen and oxygen atoms in total. The molecule has 0 saturated carbocycles. The molecule has 0 radical (unpaired) electrons. The fraction of sp³-hybridized carbons (Fsp3) is 0.565. The minimum atomic E-state index is -0.639. The molecule has 0 saturated heterocycles. The average Bonchev–Trinajstić information content (AvgIpc) is 3.20. The molecule has 0 fully saturated rings. The zero-order chi connectivity index (χ0) is 21.3. The van der Waals surface area contributed by atoms with Crippen molar-refractivity contribution < 1.29 is 9.53 Å². The number of primary amides is 1. The molecule has 1 aromatic carbocycles. The van der Waals surface area contributed by atoms with Crippen molar-refractivity contribution in [2.24, 2.45) is 5.73 Å². The van der Waals surface area contributed by atoms with Crippen molar-refractivity contribution in [1.82, 2.24) is 14.9 Å². The Morgan fingerprint density at radius 2 is 2.10 bits per heavy atom. The number of nitrogens with one attached hydrogen (secondary N) is 1. The molecule has 1 aromatic heterocycles. The standard InChI is InChI=1S/C23H36N4O2/c1-5-6-7-9-19-16-20(10-11-21(19)29-18(2)22(24)28)23(3,4)26-12-8-14-27-15-13-25-17-27/h10-11,13,15-18,26H,5-9,12,14H2,1-4H3,(H2,24,28). The Labute approximate surface area is 174 Å². The second kappa shape index (κ2) is 11.0. The third-order valence-electron chi connectivity index (χ3n) is 5.26. The van der Waals surface area contributed by atoms with E-state index >= 15 is 0 Å². The van der Waals surface area contributed by atoms with Crippen LogP contribution in [0.2, 0.25) is 0 Å². The van der Waals surface area contributed by atoms with E-state index in [1.54, 1.807) is 13.1 Å². The fourth-order valence-corrected chi connectivity index (χ4v) is 3.28. The van der Waals surface area contributed by atoms with E-state index in [1.165, 1.54) is 12.0 Å². The van der Waals surface area contributed by atoms with Crippen LogP contribution in [-0.2, 0) is 23.3 Å². The Balaban J connectivity index is 2.06. The predicted octanol–water partition coefficient (Wildman–Crippen LogP) is 3.78. The lowest BCUT2D eigenvalue weighted by molar-refractivity contribution is -0.124. The van der Waals surface area contributed by atoms with Crippen LogP contribution in [0.25, 0.3) is 0 Å². The summed E-state index contributed by atoms with van der Waals surface area (Å²) >= 11 is 0. The normalized spacial score (nSPS) is 12.7. The Morgan fingerprint density at radius 1 is 1.31 bits per heavy atom. The first-order valence-electron chi connectivity index (χ1n) is 10.6. The molecule has 1 unspecified atom stereocenters. The average molecular weight is 401 g/mol. The van der Waals surface area contributed by atoms with E-state index in [0.29, 0.717) is 0 Å². The summed E-state index contributed by atoms with van der Waals surface area (Å²) in [5.41, 5.74) is 7.56. The van der Waals surface area contributed by atoms with Gasteiger partial charge in [0, 0.05) is 24.5 Å². The molecule has 1 atom stereocenters. The number of hydrogen-bond acceptors (Lipinski definition) is 4. The maximum absolute atomic E-state index is 11.4. The first-order valence-corrected chi connectivity index (χ1v) is 10.6. The van der Waals surface area contributed by atoms with Crippen molar-refractivity contribution in [1.29, 1.82) is 0 Å². The lowest BCUT2D eigenvalue weighted by Crippen LogP contribution is -2.37. The van der Waals surface area contributed by atoms with Gasteiger partial charge >= 0.3 is 0 Å². The van der Waals surface area contributed by atoms with Crippen LogP contribution in [0.1, 0.15) is 64.5 Å². The molecule has 0 spiro atoms. The molecule has 160 valence electrons. The predicted molar refractivity (Wildman–Crippen MR) is 117 cm³/mol. The molecule has 1 amide bonds. The van der Waals surface area contributed by atoms with Crippen molar-refractivity contribution in [3.63, 3.8) is 0 Å². The van der Waals surface area contributed by atoms with Crippen LogP contribution in [0, 0.1) is 0 Å². The highest BCUT2D eigenvalue weighted by atomic mass is 16.5. The molecule has 0 aliphatic heterocycles. The van der Waals surface area contributed by atoms with Crippen LogP contribution < -0.4 is 15.8 Å². The SMILES string of the molecule is CCCCCc1cc(C(C)(C)NCCCn2ccnc2)ccc1OC(C)C(N)=O. The van der Waals surface area contributed by atoms with Gasteiger partial charge in [0.15, 0.2) is 6.10 Å². The zero-order valence-electron chi connectivity index (χ0n) is 18.3. The molecular weight excluding hydrogens is 364 g/mol. The van der Waals surface area contributed by atoms with Gasteiger partial charge in [-0.1, -0.05) is 31.9 Å².